The van der Waals surface area contributed by atoms with E-state index in [0.717, 1.165) is 11.8 Å². The molecular weight excluding hydrogens is 257 g/mol. The fourth-order valence-electron chi connectivity index (χ4n) is 1.94. The van der Waals surface area contributed by atoms with Crippen molar-refractivity contribution in [3.63, 3.8) is 0 Å². The van der Waals surface area contributed by atoms with Crippen molar-refractivity contribution in [2.45, 2.75) is 6.54 Å². The zero-order valence-corrected chi connectivity index (χ0v) is 11.4. The highest BCUT2D eigenvalue weighted by molar-refractivity contribution is 5.98. The number of hydrogen-bond donors (Lipinski definition) is 1. The number of amides is 1. The van der Waals surface area contributed by atoms with Gasteiger partial charge in [0.25, 0.3) is 5.91 Å². The quantitative estimate of drug-likeness (QED) is 0.931. The second-order valence-corrected chi connectivity index (χ2v) is 4.45. The summed E-state index contributed by atoms with van der Waals surface area (Å²) in [7, 11) is 3.33. The van der Waals surface area contributed by atoms with Gasteiger partial charge in [-0.2, -0.15) is 0 Å². The maximum Gasteiger partial charge on any atom is 0.257 e. The van der Waals surface area contributed by atoms with E-state index in [1.807, 2.05) is 30.3 Å². The summed E-state index contributed by atoms with van der Waals surface area (Å²) in [6, 6.07) is 10.8. The van der Waals surface area contributed by atoms with Crippen LogP contribution in [0, 0.1) is 5.82 Å². The van der Waals surface area contributed by atoms with Gasteiger partial charge in [0.2, 0.25) is 0 Å². The standard InChI is InChI=1S/C15H16FN3O/c1-17-14-13(8-12(16)9-18-14)15(20)19(2)10-11-6-4-3-5-7-11/h3-9H,10H2,1-2H3,(H,17,18). The number of anilines is 1. The van der Waals surface area contributed by atoms with E-state index >= 15 is 0 Å². The van der Waals surface area contributed by atoms with Gasteiger partial charge in [-0.1, -0.05) is 30.3 Å². The Labute approximate surface area is 117 Å². The molecule has 0 aliphatic carbocycles. The van der Waals surface area contributed by atoms with E-state index in [1.54, 1.807) is 14.1 Å². The Morgan fingerprint density at radius 1 is 1.35 bits per heavy atom. The van der Waals surface area contributed by atoms with Crippen LogP contribution in [0.3, 0.4) is 0 Å². The number of rotatable bonds is 4. The molecule has 1 N–H and O–H groups in total. The number of carbonyl (C=O) groups is 1. The number of halogens is 1. The van der Waals surface area contributed by atoms with Crippen molar-refractivity contribution >= 4 is 11.7 Å². The van der Waals surface area contributed by atoms with Gasteiger partial charge in [0.15, 0.2) is 0 Å². The van der Waals surface area contributed by atoms with Gasteiger partial charge in [-0.3, -0.25) is 4.79 Å². The number of carbonyl (C=O) groups excluding carboxylic acids is 1. The molecule has 1 heterocycles. The van der Waals surface area contributed by atoms with Gasteiger partial charge in [-0.05, 0) is 11.6 Å². The minimum absolute atomic E-state index is 0.228. The lowest BCUT2D eigenvalue weighted by atomic mass is 10.2. The van der Waals surface area contributed by atoms with Crippen LogP contribution >= 0.6 is 0 Å². The Kier molecular flexibility index (Phi) is 4.30. The molecule has 0 bridgehead atoms. The van der Waals surface area contributed by atoms with Gasteiger partial charge in [0, 0.05) is 20.6 Å². The van der Waals surface area contributed by atoms with Crippen molar-refractivity contribution < 1.29 is 9.18 Å². The number of nitrogens with one attached hydrogen (secondary N) is 1. The first-order valence-corrected chi connectivity index (χ1v) is 6.24. The lowest BCUT2D eigenvalue weighted by Crippen LogP contribution is -2.27. The fraction of sp³-hybridized carbons (Fsp3) is 0.200. The molecule has 0 unspecified atom stereocenters. The van der Waals surface area contributed by atoms with Crippen LogP contribution in [0.2, 0.25) is 0 Å². The van der Waals surface area contributed by atoms with E-state index in [9.17, 15) is 9.18 Å². The first-order chi connectivity index (χ1) is 9.61. The lowest BCUT2D eigenvalue weighted by Gasteiger charge is -2.18. The molecule has 0 saturated heterocycles. The van der Waals surface area contributed by atoms with Crippen LogP contribution in [0.1, 0.15) is 15.9 Å². The predicted octanol–water partition coefficient (Wildman–Crippen LogP) is 2.53. The molecule has 20 heavy (non-hydrogen) atoms. The number of pyridine rings is 1. The van der Waals surface area contributed by atoms with E-state index in [0.29, 0.717) is 12.4 Å². The van der Waals surface area contributed by atoms with E-state index in [2.05, 4.69) is 10.3 Å². The first kappa shape index (κ1) is 14.0. The van der Waals surface area contributed by atoms with Gasteiger partial charge in [0.05, 0.1) is 11.8 Å². The lowest BCUT2D eigenvalue weighted by molar-refractivity contribution is 0.0785. The molecule has 0 spiro atoms. The molecule has 1 amide bonds. The van der Waals surface area contributed by atoms with Crippen LogP contribution < -0.4 is 5.32 Å². The average Bonchev–Trinajstić information content (AvgIpc) is 2.47. The molecule has 1 aromatic carbocycles. The molecule has 0 aliphatic heterocycles. The van der Waals surface area contributed by atoms with Crippen LogP contribution in [0.5, 0.6) is 0 Å². The summed E-state index contributed by atoms with van der Waals surface area (Å²) in [5.74, 6) is -0.429. The third-order valence-electron chi connectivity index (χ3n) is 2.93. The molecule has 104 valence electrons. The van der Waals surface area contributed by atoms with Crippen molar-refractivity contribution in [1.29, 1.82) is 0 Å². The molecule has 0 fully saturated rings. The minimum atomic E-state index is -0.527. The van der Waals surface area contributed by atoms with Crippen molar-refractivity contribution in [2.24, 2.45) is 0 Å². The van der Waals surface area contributed by atoms with Gasteiger partial charge in [0.1, 0.15) is 11.6 Å². The van der Waals surface area contributed by atoms with Gasteiger partial charge in [-0.15, -0.1) is 0 Å². The molecule has 0 saturated carbocycles. The largest absolute Gasteiger partial charge is 0.372 e. The molecule has 5 heteroatoms. The Balaban J connectivity index is 2.20. The second-order valence-electron chi connectivity index (χ2n) is 4.45. The molecule has 0 aliphatic rings. The normalized spacial score (nSPS) is 10.2. The van der Waals surface area contributed by atoms with E-state index < -0.39 is 5.82 Å². The van der Waals surface area contributed by atoms with Crippen LogP contribution in [-0.2, 0) is 6.54 Å². The highest BCUT2D eigenvalue weighted by Gasteiger charge is 2.17. The Hall–Kier alpha value is -2.43. The number of nitrogens with zero attached hydrogens (tertiary/aromatic N) is 2. The van der Waals surface area contributed by atoms with Crippen molar-refractivity contribution in [3.05, 3.63) is 59.5 Å². The fourth-order valence-corrected chi connectivity index (χ4v) is 1.94. The van der Waals surface area contributed by atoms with Crippen LogP contribution in [0.15, 0.2) is 42.6 Å². The van der Waals surface area contributed by atoms with Crippen molar-refractivity contribution in [1.82, 2.24) is 9.88 Å². The van der Waals surface area contributed by atoms with Crippen LogP contribution in [0.25, 0.3) is 0 Å². The summed E-state index contributed by atoms with van der Waals surface area (Å²) in [6.45, 7) is 0.458. The molecule has 1 aromatic heterocycles. The zero-order chi connectivity index (χ0) is 14.5. The van der Waals surface area contributed by atoms with E-state index in [4.69, 9.17) is 0 Å². The average molecular weight is 273 g/mol. The summed E-state index contributed by atoms with van der Waals surface area (Å²) in [4.78, 5) is 17.8. The Morgan fingerprint density at radius 2 is 2.05 bits per heavy atom. The Morgan fingerprint density at radius 3 is 2.70 bits per heavy atom. The minimum Gasteiger partial charge on any atom is -0.372 e. The van der Waals surface area contributed by atoms with Gasteiger partial charge in [-0.25, -0.2) is 9.37 Å². The monoisotopic (exact) mass is 273 g/mol. The summed E-state index contributed by atoms with van der Waals surface area (Å²) in [6.07, 6.45) is 1.08. The summed E-state index contributed by atoms with van der Waals surface area (Å²) >= 11 is 0. The predicted molar refractivity (Wildman–Crippen MR) is 76.0 cm³/mol. The second kappa shape index (κ2) is 6.14. The maximum absolute atomic E-state index is 13.3. The van der Waals surface area contributed by atoms with E-state index in [-0.39, 0.29) is 11.5 Å². The third-order valence-corrected chi connectivity index (χ3v) is 2.93. The number of aromatic nitrogens is 1. The third kappa shape index (κ3) is 3.12. The molecule has 0 radical (unpaired) electrons. The Bertz CT molecular complexity index is 601. The zero-order valence-electron chi connectivity index (χ0n) is 11.4. The maximum atomic E-state index is 13.3. The highest BCUT2D eigenvalue weighted by atomic mass is 19.1. The molecule has 2 rings (SSSR count). The molecule has 0 atom stereocenters. The van der Waals surface area contributed by atoms with Gasteiger partial charge < -0.3 is 10.2 Å². The topological polar surface area (TPSA) is 45.2 Å². The number of hydrogen-bond acceptors (Lipinski definition) is 3. The summed E-state index contributed by atoms with van der Waals surface area (Å²) in [5, 5.41) is 2.80. The van der Waals surface area contributed by atoms with Crippen molar-refractivity contribution in [3.8, 4) is 0 Å². The summed E-state index contributed by atoms with van der Waals surface area (Å²) < 4.78 is 13.3. The SMILES string of the molecule is CNc1ncc(F)cc1C(=O)N(C)Cc1ccccc1. The smallest absolute Gasteiger partial charge is 0.257 e. The van der Waals surface area contributed by atoms with Crippen LogP contribution in [0.4, 0.5) is 10.2 Å². The first-order valence-electron chi connectivity index (χ1n) is 6.24. The molecule has 4 nitrogen and oxygen atoms in total. The number of benzene rings is 1. The summed E-state index contributed by atoms with van der Waals surface area (Å²) in [5.41, 5.74) is 1.24. The van der Waals surface area contributed by atoms with Crippen molar-refractivity contribution in [2.75, 3.05) is 19.4 Å². The van der Waals surface area contributed by atoms with Gasteiger partial charge >= 0.3 is 0 Å². The van der Waals surface area contributed by atoms with E-state index in [1.165, 1.54) is 11.0 Å². The highest BCUT2D eigenvalue weighted by Crippen LogP contribution is 2.16. The van der Waals surface area contributed by atoms with Crippen LogP contribution in [-0.4, -0.2) is 29.9 Å². The molecular formula is C15H16FN3O. The molecule has 2 aromatic rings.